The van der Waals surface area contributed by atoms with Crippen LogP contribution in [0.25, 0.3) is 0 Å². The smallest absolute Gasteiger partial charge is 0.306 e. The fourth-order valence-corrected chi connectivity index (χ4v) is 4.62. The van der Waals surface area contributed by atoms with E-state index in [0.29, 0.717) is 19.3 Å². The standard InChI is InChI=1S/C35H64O6/c1-4-7-10-13-15-17-18-20-22-25-28-34(37)40-31-32(30-39-33(36)27-24-21-12-9-6-3)41-35(38)29-26-23-19-16-14-11-8-5-2/h10,13,32H,4-9,11-12,14-31H2,1-3H3/b13-10-. The van der Waals surface area contributed by atoms with Crippen molar-refractivity contribution in [3.8, 4) is 0 Å². The van der Waals surface area contributed by atoms with Gasteiger partial charge in [0, 0.05) is 19.3 Å². The molecule has 0 aromatic rings. The molecule has 0 fully saturated rings. The Kier molecular flexibility index (Phi) is 29.7. The third-order valence-corrected chi connectivity index (χ3v) is 7.25. The van der Waals surface area contributed by atoms with Crippen LogP contribution in [0.4, 0.5) is 0 Å². The average molecular weight is 581 g/mol. The molecule has 0 saturated carbocycles. The number of allylic oxidation sites excluding steroid dienone is 2. The van der Waals surface area contributed by atoms with Crippen LogP contribution in [0.3, 0.4) is 0 Å². The van der Waals surface area contributed by atoms with Gasteiger partial charge in [0.25, 0.3) is 0 Å². The summed E-state index contributed by atoms with van der Waals surface area (Å²) in [5, 5.41) is 0. The normalized spacial score (nSPS) is 12.0. The summed E-state index contributed by atoms with van der Waals surface area (Å²) in [6, 6.07) is 0. The fourth-order valence-electron chi connectivity index (χ4n) is 4.62. The number of unbranched alkanes of at least 4 members (excludes halogenated alkanes) is 17. The van der Waals surface area contributed by atoms with Gasteiger partial charge in [0.1, 0.15) is 13.2 Å². The highest BCUT2D eigenvalue weighted by Crippen LogP contribution is 2.12. The first kappa shape index (κ1) is 39.1. The van der Waals surface area contributed by atoms with Gasteiger partial charge < -0.3 is 14.2 Å². The van der Waals surface area contributed by atoms with E-state index in [2.05, 4.69) is 32.9 Å². The quantitative estimate of drug-likeness (QED) is 0.0364. The third-order valence-electron chi connectivity index (χ3n) is 7.25. The van der Waals surface area contributed by atoms with Crippen LogP contribution in [0, 0.1) is 0 Å². The Morgan fingerprint density at radius 3 is 1.32 bits per heavy atom. The first-order valence-corrected chi connectivity index (χ1v) is 17.2. The number of carbonyl (C=O) groups is 3. The van der Waals surface area contributed by atoms with Gasteiger partial charge in [-0.3, -0.25) is 14.4 Å². The van der Waals surface area contributed by atoms with Gasteiger partial charge in [-0.25, -0.2) is 0 Å². The first-order chi connectivity index (χ1) is 20.0. The number of ether oxygens (including phenoxy) is 3. The summed E-state index contributed by atoms with van der Waals surface area (Å²) in [5.74, 6) is -0.908. The molecule has 0 saturated heterocycles. The molecule has 0 amide bonds. The minimum atomic E-state index is -0.759. The molecule has 1 atom stereocenters. The zero-order valence-electron chi connectivity index (χ0n) is 27.1. The van der Waals surface area contributed by atoms with Gasteiger partial charge in [-0.2, -0.15) is 0 Å². The van der Waals surface area contributed by atoms with Crippen LogP contribution in [0.1, 0.15) is 175 Å². The van der Waals surface area contributed by atoms with Crippen molar-refractivity contribution < 1.29 is 28.6 Å². The van der Waals surface area contributed by atoms with Crippen LogP contribution in [-0.4, -0.2) is 37.2 Å². The molecule has 0 rings (SSSR count). The lowest BCUT2D eigenvalue weighted by Gasteiger charge is -2.18. The van der Waals surface area contributed by atoms with Crippen LogP contribution in [0.5, 0.6) is 0 Å². The highest BCUT2D eigenvalue weighted by Gasteiger charge is 2.19. The number of rotatable bonds is 30. The Hall–Kier alpha value is -1.85. The van der Waals surface area contributed by atoms with Crippen LogP contribution >= 0.6 is 0 Å². The van der Waals surface area contributed by atoms with Crippen molar-refractivity contribution >= 4 is 17.9 Å². The van der Waals surface area contributed by atoms with Gasteiger partial charge in [0.15, 0.2) is 6.10 Å². The third kappa shape index (κ3) is 29.4. The molecule has 0 N–H and O–H groups in total. The summed E-state index contributed by atoms with van der Waals surface area (Å²) in [5.41, 5.74) is 0. The van der Waals surface area contributed by atoms with E-state index in [1.807, 2.05) is 0 Å². The predicted octanol–water partition coefficient (Wildman–Crippen LogP) is 9.96. The van der Waals surface area contributed by atoms with Crippen molar-refractivity contribution in [2.45, 2.75) is 181 Å². The minimum absolute atomic E-state index is 0.0725. The van der Waals surface area contributed by atoms with E-state index in [1.165, 1.54) is 57.8 Å². The lowest BCUT2D eigenvalue weighted by Crippen LogP contribution is -2.30. The van der Waals surface area contributed by atoms with E-state index < -0.39 is 6.10 Å². The molecule has 0 aliphatic rings. The van der Waals surface area contributed by atoms with E-state index in [1.54, 1.807) is 0 Å². The maximum atomic E-state index is 12.5. The van der Waals surface area contributed by atoms with Crippen molar-refractivity contribution in [1.82, 2.24) is 0 Å². The van der Waals surface area contributed by atoms with Crippen LogP contribution in [-0.2, 0) is 28.6 Å². The Labute approximate surface area is 252 Å². The molecular weight excluding hydrogens is 516 g/mol. The summed E-state index contributed by atoms with van der Waals surface area (Å²) in [7, 11) is 0. The second-order valence-corrected chi connectivity index (χ2v) is 11.4. The van der Waals surface area contributed by atoms with Crippen LogP contribution in [0.15, 0.2) is 12.2 Å². The summed E-state index contributed by atoms with van der Waals surface area (Å²) in [6.45, 7) is 6.42. The molecule has 0 spiro atoms. The lowest BCUT2D eigenvalue weighted by molar-refractivity contribution is -0.167. The zero-order chi connectivity index (χ0) is 30.2. The molecule has 41 heavy (non-hydrogen) atoms. The average Bonchev–Trinajstić information content (AvgIpc) is 2.96. The van der Waals surface area contributed by atoms with Crippen molar-refractivity contribution in [3.05, 3.63) is 12.2 Å². The second-order valence-electron chi connectivity index (χ2n) is 11.4. The Morgan fingerprint density at radius 2 is 0.854 bits per heavy atom. The number of carbonyl (C=O) groups excluding carboxylic acids is 3. The molecule has 6 nitrogen and oxygen atoms in total. The molecule has 0 aliphatic carbocycles. The van der Waals surface area contributed by atoms with E-state index in [0.717, 1.165) is 77.0 Å². The fraction of sp³-hybridized carbons (Fsp3) is 0.857. The molecule has 0 aromatic heterocycles. The molecule has 6 heteroatoms. The Morgan fingerprint density at radius 1 is 0.463 bits per heavy atom. The maximum Gasteiger partial charge on any atom is 0.306 e. The zero-order valence-corrected chi connectivity index (χ0v) is 27.1. The SMILES string of the molecule is CCC/C=C\CCCCCCCC(=O)OCC(COC(=O)CCCCCCC)OC(=O)CCCCCCCCCC. The highest BCUT2D eigenvalue weighted by atomic mass is 16.6. The summed E-state index contributed by atoms with van der Waals surface area (Å²) in [6.07, 6.45) is 28.0. The monoisotopic (exact) mass is 580 g/mol. The van der Waals surface area contributed by atoms with Gasteiger partial charge in [0.2, 0.25) is 0 Å². The Balaban J connectivity index is 4.33. The molecular formula is C35H64O6. The number of esters is 3. The van der Waals surface area contributed by atoms with Crippen molar-refractivity contribution in [3.63, 3.8) is 0 Å². The van der Waals surface area contributed by atoms with Gasteiger partial charge >= 0.3 is 17.9 Å². The van der Waals surface area contributed by atoms with Gasteiger partial charge in [-0.15, -0.1) is 0 Å². The number of hydrogen-bond acceptors (Lipinski definition) is 6. The second kappa shape index (κ2) is 31.1. The summed E-state index contributed by atoms with van der Waals surface area (Å²) < 4.78 is 16.4. The largest absolute Gasteiger partial charge is 0.462 e. The van der Waals surface area contributed by atoms with Gasteiger partial charge in [-0.1, -0.05) is 129 Å². The van der Waals surface area contributed by atoms with Crippen LogP contribution in [0.2, 0.25) is 0 Å². The molecule has 0 aromatic carbocycles. The maximum absolute atomic E-state index is 12.5. The number of hydrogen-bond donors (Lipinski definition) is 0. The molecule has 240 valence electrons. The molecule has 0 bridgehead atoms. The first-order valence-electron chi connectivity index (χ1n) is 17.2. The minimum Gasteiger partial charge on any atom is -0.462 e. The van der Waals surface area contributed by atoms with Crippen molar-refractivity contribution in [1.29, 1.82) is 0 Å². The van der Waals surface area contributed by atoms with E-state index in [-0.39, 0.29) is 31.1 Å². The summed E-state index contributed by atoms with van der Waals surface area (Å²) >= 11 is 0. The lowest BCUT2D eigenvalue weighted by atomic mass is 10.1. The van der Waals surface area contributed by atoms with E-state index in [4.69, 9.17) is 14.2 Å². The summed E-state index contributed by atoms with van der Waals surface area (Å²) in [4.78, 5) is 36.9. The molecule has 1 unspecified atom stereocenters. The van der Waals surface area contributed by atoms with E-state index >= 15 is 0 Å². The van der Waals surface area contributed by atoms with E-state index in [9.17, 15) is 14.4 Å². The van der Waals surface area contributed by atoms with Crippen molar-refractivity contribution in [2.24, 2.45) is 0 Å². The highest BCUT2D eigenvalue weighted by molar-refractivity contribution is 5.71. The molecule has 0 radical (unpaired) electrons. The molecule has 0 aliphatic heterocycles. The van der Waals surface area contributed by atoms with Crippen LogP contribution < -0.4 is 0 Å². The predicted molar refractivity (Wildman–Crippen MR) is 169 cm³/mol. The van der Waals surface area contributed by atoms with Gasteiger partial charge in [-0.05, 0) is 38.5 Å². The Bertz CT molecular complexity index is 645. The van der Waals surface area contributed by atoms with Gasteiger partial charge in [0.05, 0.1) is 0 Å². The van der Waals surface area contributed by atoms with Crippen molar-refractivity contribution in [2.75, 3.05) is 13.2 Å². The topological polar surface area (TPSA) is 78.9 Å². The molecule has 0 heterocycles.